The van der Waals surface area contributed by atoms with E-state index in [4.69, 9.17) is 23.2 Å². The van der Waals surface area contributed by atoms with Gasteiger partial charge in [0.05, 0.1) is 10.0 Å². The van der Waals surface area contributed by atoms with Crippen molar-refractivity contribution in [2.24, 2.45) is 5.92 Å². The number of rotatable bonds is 6. The van der Waals surface area contributed by atoms with Crippen molar-refractivity contribution in [1.82, 2.24) is 15.1 Å². The molecular formula is C20H29Cl2N3O. The zero-order valence-electron chi connectivity index (χ0n) is 15.5. The quantitative estimate of drug-likeness (QED) is 0.792. The Morgan fingerprint density at radius 1 is 1.27 bits per heavy atom. The van der Waals surface area contributed by atoms with E-state index in [-0.39, 0.29) is 11.8 Å². The fourth-order valence-corrected chi connectivity index (χ4v) is 4.33. The van der Waals surface area contributed by atoms with Gasteiger partial charge in [-0.3, -0.25) is 4.79 Å². The van der Waals surface area contributed by atoms with Crippen molar-refractivity contribution in [1.29, 1.82) is 0 Å². The summed E-state index contributed by atoms with van der Waals surface area (Å²) < 4.78 is 0. The molecule has 144 valence electrons. The van der Waals surface area contributed by atoms with E-state index in [0.29, 0.717) is 22.6 Å². The SMILES string of the molecule is C[C@H]1C[C@@H](C(=O)N(CCN2CCCC2)Cc2ccc(Cl)c(Cl)c2)CCN1. The molecule has 26 heavy (non-hydrogen) atoms. The molecule has 2 atom stereocenters. The Morgan fingerprint density at radius 3 is 2.73 bits per heavy atom. The van der Waals surface area contributed by atoms with E-state index in [9.17, 15) is 4.79 Å². The molecule has 4 nitrogen and oxygen atoms in total. The monoisotopic (exact) mass is 397 g/mol. The second-order valence-electron chi connectivity index (χ2n) is 7.63. The van der Waals surface area contributed by atoms with Crippen LogP contribution in [0, 0.1) is 5.92 Å². The highest BCUT2D eigenvalue weighted by Crippen LogP contribution is 2.25. The second kappa shape index (κ2) is 9.41. The van der Waals surface area contributed by atoms with Crippen molar-refractivity contribution in [2.75, 3.05) is 32.7 Å². The number of piperidine rings is 1. The van der Waals surface area contributed by atoms with Gasteiger partial charge < -0.3 is 15.1 Å². The molecular weight excluding hydrogens is 369 g/mol. The minimum atomic E-state index is 0.118. The van der Waals surface area contributed by atoms with Crippen molar-refractivity contribution in [3.05, 3.63) is 33.8 Å². The van der Waals surface area contributed by atoms with E-state index in [1.807, 2.05) is 23.1 Å². The van der Waals surface area contributed by atoms with Crippen LogP contribution < -0.4 is 5.32 Å². The third-order valence-corrected chi connectivity index (χ3v) is 6.27. The maximum absolute atomic E-state index is 13.2. The minimum absolute atomic E-state index is 0.118. The summed E-state index contributed by atoms with van der Waals surface area (Å²) >= 11 is 12.2. The molecule has 2 saturated heterocycles. The van der Waals surface area contributed by atoms with Crippen molar-refractivity contribution in [3.8, 4) is 0 Å². The van der Waals surface area contributed by atoms with Gasteiger partial charge in [0, 0.05) is 31.6 Å². The molecule has 6 heteroatoms. The highest BCUT2D eigenvalue weighted by Gasteiger charge is 2.29. The summed E-state index contributed by atoms with van der Waals surface area (Å²) in [5, 5.41) is 4.54. The summed E-state index contributed by atoms with van der Waals surface area (Å²) in [4.78, 5) is 17.7. The Balaban J connectivity index is 1.69. The molecule has 2 heterocycles. The molecule has 0 radical (unpaired) electrons. The Bertz CT molecular complexity index is 619. The predicted molar refractivity (Wildman–Crippen MR) is 108 cm³/mol. The number of amides is 1. The molecule has 1 aromatic rings. The summed E-state index contributed by atoms with van der Waals surface area (Å²) in [7, 11) is 0. The first-order valence-corrected chi connectivity index (χ1v) is 10.5. The first kappa shape index (κ1) is 19.9. The van der Waals surface area contributed by atoms with Gasteiger partial charge in [-0.05, 0) is 69.9 Å². The van der Waals surface area contributed by atoms with E-state index in [2.05, 4.69) is 17.1 Å². The van der Waals surface area contributed by atoms with Crippen LogP contribution in [0.25, 0.3) is 0 Å². The highest BCUT2D eigenvalue weighted by atomic mass is 35.5. The first-order valence-electron chi connectivity index (χ1n) is 9.71. The van der Waals surface area contributed by atoms with Crippen LogP contribution in [0.4, 0.5) is 0 Å². The maximum atomic E-state index is 13.2. The zero-order valence-corrected chi connectivity index (χ0v) is 17.0. The third kappa shape index (κ3) is 5.35. The average molecular weight is 398 g/mol. The van der Waals surface area contributed by atoms with Gasteiger partial charge in [-0.15, -0.1) is 0 Å². The van der Waals surface area contributed by atoms with E-state index < -0.39 is 0 Å². The Labute approximate surface area is 166 Å². The van der Waals surface area contributed by atoms with E-state index in [1.54, 1.807) is 0 Å². The van der Waals surface area contributed by atoms with Crippen LogP contribution in [0.5, 0.6) is 0 Å². The molecule has 2 aliphatic heterocycles. The lowest BCUT2D eigenvalue weighted by Crippen LogP contribution is -2.45. The molecule has 0 aromatic heterocycles. The molecule has 2 aliphatic rings. The van der Waals surface area contributed by atoms with Gasteiger partial charge in [-0.2, -0.15) is 0 Å². The van der Waals surface area contributed by atoms with E-state index in [1.165, 1.54) is 12.8 Å². The van der Waals surface area contributed by atoms with Crippen molar-refractivity contribution >= 4 is 29.1 Å². The van der Waals surface area contributed by atoms with Crippen molar-refractivity contribution in [3.63, 3.8) is 0 Å². The third-order valence-electron chi connectivity index (χ3n) is 5.53. The number of likely N-dealkylation sites (tertiary alicyclic amines) is 1. The largest absolute Gasteiger partial charge is 0.337 e. The maximum Gasteiger partial charge on any atom is 0.226 e. The topological polar surface area (TPSA) is 35.6 Å². The molecule has 1 amide bonds. The fourth-order valence-electron chi connectivity index (χ4n) is 4.01. The Hall–Kier alpha value is -0.810. The Morgan fingerprint density at radius 2 is 2.04 bits per heavy atom. The zero-order chi connectivity index (χ0) is 18.5. The molecule has 0 spiro atoms. The van der Waals surface area contributed by atoms with Gasteiger partial charge in [0.15, 0.2) is 0 Å². The summed E-state index contributed by atoms with van der Waals surface area (Å²) in [6, 6.07) is 6.07. The normalized spacial score (nSPS) is 24.0. The summed E-state index contributed by atoms with van der Waals surface area (Å²) in [5.41, 5.74) is 1.04. The highest BCUT2D eigenvalue weighted by molar-refractivity contribution is 6.42. The van der Waals surface area contributed by atoms with Crippen LogP contribution in [0.15, 0.2) is 18.2 Å². The molecule has 1 aromatic carbocycles. The molecule has 0 bridgehead atoms. The van der Waals surface area contributed by atoms with E-state index >= 15 is 0 Å². The first-order chi connectivity index (χ1) is 12.5. The lowest BCUT2D eigenvalue weighted by Gasteiger charge is -2.33. The standard InChI is InChI=1S/C20H29Cl2N3O/c1-15-12-17(6-7-23-15)20(26)25(11-10-24-8-2-3-9-24)14-16-4-5-18(21)19(22)13-16/h4-5,13,15,17,23H,2-3,6-12,14H2,1H3/t15-,17-/m0/s1. The second-order valence-corrected chi connectivity index (χ2v) is 8.45. The van der Waals surface area contributed by atoms with Gasteiger partial charge in [0.2, 0.25) is 5.91 Å². The van der Waals surface area contributed by atoms with Crippen LogP contribution in [0.2, 0.25) is 10.0 Å². The van der Waals surface area contributed by atoms with Gasteiger partial charge in [0.1, 0.15) is 0 Å². The number of nitrogens with one attached hydrogen (secondary N) is 1. The number of carbonyl (C=O) groups is 1. The number of carbonyl (C=O) groups excluding carboxylic acids is 1. The minimum Gasteiger partial charge on any atom is -0.337 e. The van der Waals surface area contributed by atoms with Gasteiger partial charge in [0.25, 0.3) is 0 Å². The van der Waals surface area contributed by atoms with Crippen LogP contribution in [-0.2, 0) is 11.3 Å². The molecule has 1 N–H and O–H groups in total. The van der Waals surface area contributed by atoms with Crippen LogP contribution >= 0.6 is 23.2 Å². The van der Waals surface area contributed by atoms with Gasteiger partial charge >= 0.3 is 0 Å². The molecule has 2 fully saturated rings. The molecule has 3 rings (SSSR count). The van der Waals surface area contributed by atoms with Gasteiger partial charge in [-0.25, -0.2) is 0 Å². The smallest absolute Gasteiger partial charge is 0.226 e. The number of hydrogen-bond acceptors (Lipinski definition) is 3. The summed E-state index contributed by atoms with van der Waals surface area (Å²) in [5.74, 6) is 0.399. The fraction of sp³-hybridized carbons (Fsp3) is 0.650. The number of halogens is 2. The summed E-state index contributed by atoms with van der Waals surface area (Å²) in [6.45, 7) is 7.71. The van der Waals surface area contributed by atoms with Crippen LogP contribution in [0.1, 0.15) is 38.2 Å². The number of hydrogen-bond donors (Lipinski definition) is 1. The lowest BCUT2D eigenvalue weighted by atomic mass is 9.92. The lowest BCUT2D eigenvalue weighted by molar-refractivity contribution is -0.137. The Kier molecular flexibility index (Phi) is 7.21. The van der Waals surface area contributed by atoms with Gasteiger partial charge in [-0.1, -0.05) is 29.3 Å². The summed E-state index contributed by atoms with van der Waals surface area (Å²) in [6.07, 6.45) is 4.38. The number of benzene rings is 1. The average Bonchev–Trinajstić information content (AvgIpc) is 3.14. The molecule has 0 saturated carbocycles. The van der Waals surface area contributed by atoms with Crippen LogP contribution in [-0.4, -0.2) is 54.5 Å². The predicted octanol–water partition coefficient (Wildman–Crippen LogP) is 3.81. The van der Waals surface area contributed by atoms with Crippen LogP contribution in [0.3, 0.4) is 0 Å². The number of nitrogens with zero attached hydrogens (tertiary/aromatic N) is 2. The van der Waals surface area contributed by atoms with Crippen molar-refractivity contribution < 1.29 is 4.79 Å². The van der Waals surface area contributed by atoms with E-state index in [0.717, 1.165) is 51.1 Å². The molecule has 0 aliphatic carbocycles. The van der Waals surface area contributed by atoms with Crippen molar-refractivity contribution in [2.45, 2.75) is 45.2 Å². The molecule has 0 unspecified atom stereocenters.